The van der Waals surface area contributed by atoms with Crippen LogP contribution in [0.1, 0.15) is 18.1 Å². The van der Waals surface area contributed by atoms with Crippen molar-refractivity contribution in [2.45, 2.75) is 32.0 Å². The van der Waals surface area contributed by atoms with Crippen LogP contribution in [0.5, 0.6) is 11.5 Å². The van der Waals surface area contributed by atoms with Gasteiger partial charge in [0.05, 0.1) is 14.2 Å². The van der Waals surface area contributed by atoms with Crippen molar-refractivity contribution in [3.8, 4) is 11.5 Å². The summed E-state index contributed by atoms with van der Waals surface area (Å²) >= 11 is 0. The van der Waals surface area contributed by atoms with Crippen LogP contribution in [0.2, 0.25) is 0 Å². The van der Waals surface area contributed by atoms with Crippen LogP contribution in [0.3, 0.4) is 0 Å². The second-order valence-electron chi connectivity index (χ2n) is 4.92. The summed E-state index contributed by atoms with van der Waals surface area (Å²) in [6.07, 6.45) is -3.98. The third-order valence-electron chi connectivity index (χ3n) is 3.15. The predicted molar refractivity (Wildman–Crippen MR) is 76.7 cm³/mol. The van der Waals surface area contributed by atoms with Crippen molar-refractivity contribution in [3.63, 3.8) is 0 Å². The average molecular weight is 333 g/mol. The van der Waals surface area contributed by atoms with Gasteiger partial charge in [0.15, 0.2) is 0 Å². The molecular weight excluding hydrogens is 315 g/mol. The lowest BCUT2D eigenvalue weighted by Crippen LogP contribution is -2.42. The minimum absolute atomic E-state index is 0.114. The standard InChI is InChI=1S/C15H18F3NO4/c1-9(19-14(21)15(16,17)18)6-11-8-12(22-2)10(4-5-20)7-13(11)23-3/h5,7-9H,4,6H2,1-3H3,(H,19,21)/t9-/m1/s1. The summed E-state index contributed by atoms with van der Waals surface area (Å²) in [5, 5.41) is 1.88. The maximum Gasteiger partial charge on any atom is 0.471 e. The number of halogens is 3. The summed E-state index contributed by atoms with van der Waals surface area (Å²) in [4.78, 5) is 21.6. The lowest BCUT2D eigenvalue weighted by molar-refractivity contribution is -0.174. The Balaban J connectivity index is 2.98. The normalized spacial score (nSPS) is 12.4. The fourth-order valence-electron chi connectivity index (χ4n) is 2.12. The summed E-state index contributed by atoms with van der Waals surface area (Å²) in [6.45, 7) is 1.45. The molecule has 0 aliphatic heterocycles. The minimum Gasteiger partial charge on any atom is -0.496 e. The van der Waals surface area contributed by atoms with E-state index >= 15 is 0 Å². The van der Waals surface area contributed by atoms with Crippen molar-refractivity contribution in [3.05, 3.63) is 23.3 Å². The van der Waals surface area contributed by atoms with Crippen molar-refractivity contribution < 1.29 is 32.2 Å². The monoisotopic (exact) mass is 333 g/mol. The molecule has 1 rings (SSSR count). The van der Waals surface area contributed by atoms with Crippen molar-refractivity contribution in [1.29, 1.82) is 0 Å². The number of rotatable bonds is 7. The Labute approximate surface area is 131 Å². The Hall–Kier alpha value is -2.25. The van der Waals surface area contributed by atoms with Gasteiger partial charge >= 0.3 is 12.1 Å². The molecule has 1 amide bonds. The maximum atomic E-state index is 12.3. The molecule has 23 heavy (non-hydrogen) atoms. The van der Waals surface area contributed by atoms with Crippen molar-refractivity contribution in [1.82, 2.24) is 5.32 Å². The van der Waals surface area contributed by atoms with Crippen LogP contribution in [0.4, 0.5) is 13.2 Å². The molecule has 0 unspecified atom stereocenters. The van der Waals surface area contributed by atoms with E-state index in [1.165, 1.54) is 21.1 Å². The lowest BCUT2D eigenvalue weighted by Gasteiger charge is -2.18. The Bertz CT molecular complexity index is 573. The zero-order valence-electron chi connectivity index (χ0n) is 13.0. The van der Waals surface area contributed by atoms with E-state index in [-0.39, 0.29) is 12.8 Å². The number of carbonyl (C=O) groups is 2. The molecule has 0 fully saturated rings. The largest absolute Gasteiger partial charge is 0.496 e. The number of nitrogens with one attached hydrogen (secondary N) is 1. The van der Waals surface area contributed by atoms with E-state index in [4.69, 9.17) is 9.47 Å². The van der Waals surface area contributed by atoms with Gasteiger partial charge in [0.1, 0.15) is 17.8 Å². The molecule has 1 aromatic carbocycles. The molecule has 0 spiro atoms. The number of aldehydes is 1. The smallest absolute Gasteiger partial charge is 0.471 e. The number of methoxy groups -OCH3 is 2. The van der Waals surface area contributed by atoms with E-state index in [2.05, 4.69) is 0 Å². The van der Waals surface area contributed by atoms with Crippen LogP contribution >= 0.6 is 0 Å². The molecule has 0 heterocycles. The van der Waals surface area contributed by atoms with Gasteiger partial charge in [-0.3, -0.25) is 4.79 Å². The van der Waals surface area contributed by atoms with Crippen LogP contribution in [-0.4, -0.2) is 38.6 Å². The molecule has 1 atom stereocenters. The van der Waals surface area contributed by atoms with Gasteiger partial charge in [0.2, 0.25) is 0 Å². The molecule has 0 bridgehead atoms. The molecule has 0 aliphatic rings. The van der Waals surface area contributed by atoms with E-state index in [9.17, 15) is 22.8 Å². The van der Waals surface area contributed by atoms with Gasteiger partial charge in [0.25, 0.3) is 0 Å². The predicted octanol–water partition coefficient (Wildman–Crippen LogP) is 2.05. The van der Waals surface area contributed by atoms with Crippen molar-refractivity contribution in [2.75, 3.05) is 14.2 Å². The van der Waals surface area contributed by atoms with E-state index in [1.54, 1.807) is 12.1 Å². The number of carbonyl (C=O) groups excluding carboxylic acids is 2. The number of ether oxygens (including phenoxy) is 2. The molecule has 0 saturated carbocycles. The van der Waals surface area contributed by atoms with Crippen LogP contribution in [0.15, 0.2) is 12.1 Å². The highest BCUT2D eigenvalue weighted by Crippen LogP contribution is 2.30. The molecule has 1 N–H and O–H groups in total. The Morgan fingerprint density at radius 1 is 1.22 bits per heavy atom. The molecule has 0 aromatic heterocycles. The quantitative estimate of drug-likeness (QED) is 0.776. The van der Waals surface area contributed by atoms with Gasteiger partial charge in [-0.1, -0.05) is 0 Å². The highest BCUT2D eigenvalue weighted by Gasteiger charge is 2.39. The van der Waals surface area contributed by atoms with Gasteiger partial charge in [-0.15, -0.1) is 0 Å². The number of hydrogen-bond donors (Lipinski definition) is 1. The van der Waals surface area contributed by atoms with Crippen LogP contribution in [-0.2, 0) is 22.4 Å². The third-order valence-corrected chi connectivity index (χ3v) is 3.15. The fraction of sp³-hybridized carbons (Fsp3) is 0.467. The minimum atomic E-state index is -4.93. The summed E-state index contributed by atoms with van der Waals surface area (Å²) in [7, 11) is 2.84. The number of hydrogen-bond acceptors (Lipinski definition) is 4. The number of benzene rings is 1. The number of alkyl halides is 3. The second kappa shape index (κ2) is 7.85. The van der Waals surface area contributed by atoms with Crippen LogP contribution < -0.4 is 14.8 Å². The first-order chi connectivity index (χ1) is 10.7. The van der Waals surface area contributed by atoms with Gasteiger partial charge in [-0.25, -0.2) is 0 Å². The first kappa shape index (κ1) is 18.8. The third kappa shape index (κ3) is 5.15. The van der Waals surface area contributed by atoms with Crippen LogP contribution in [0, 0.1) is 0 Å². The summed E-state index contributed by atoms with van der Waals surface area (Å²) in [5.41, 5.74) is 1.17. The van der Waals surface area contributed by atoms with Gasteiger partial charge in [0, 0.05) is 18.0 Å². The average Bonchev–Trinajstić information content (AvgIpc) is 2.47. The molecular formula is C15H18F3NO4. The van der Waals surface area contributed by atoms with Gasteiger partial charge in [-0.05, 0) is 31.0 Å². The molecule has 0 aliphatic carbocycles. The van der Waals surface area contributed by atoms with Crippen molar-refractivity contribution in [2.24, 2.45) is 0 Å². The Morgan fingerprint density at radius 2 is 1.74 bits per heavy atom. The van der Waals surface area contributed by atoms with Crippen LogP contribution in [0.25, 0.3) is 0 Å². The Kier molecular flexibility index (Phi) is 6.41. The van der Waals surface area contributed by atoms with E-state index in [0.29, 0.717) is 28.9 Å². The van der Waals surface area contributed by atoms with Crippen molar-refractivity contribution >= 4 is 12.2 Å². The first-order valence-corrected chi connectivity index (χ1v) is 6.78. The topological polar surface area (TPSA) is 64.6 Å². The van der Waals surface area contributed by atoms with E-state index in [1.807, 2.05) is 5.32 Å². The molecule has 5 nitrogen and oxygen atoms in total. The zero-order chi connectivity index (χ0) is 17.6. The lowest BCUT2D eigenvalue weighted by atomic mass is 10.0. The summed E-state index contributed by atoms with van der Waals surface area (Å²) < 4.78 is 47.2. The summed E-state index contributed by atoms with van der Waals surface area (Å²) in [6, 6.07) is 2.43. The SMILES string of the molecule is COc1cc(C[C@@H](C)NC(=O)C(F)(F)F)c(OC)cc1CC=O. The number of amides is 1. The maximum absolute atomic E-state index is 12.3. The second-order valence-corrected chi connectivity index (χ2v) is 4.92. The highest BCUT2D eigenvalue weighted by atomic mass is 19.4. The Morgan fingerprint density at radius 3 is 2.22 bits per heavy atom. The fourth-order valence-corrected chi connectivity index (χ4v) is 2.12. The summed E-state index contributed by atoms with van der Waals surface area (Å²) in [5.74, 6) is -1.15. The highest BCUT2D eigenvalue weighted by molar-refractivity contribution is 5.81. The first-order valence-electron chi connectivity index (χ1n) is 6.78. The van der Waals surface area contributed by atoms with Gasteiger partial charge in [-0.2, -0.15) is 13.2 Å². The molecule has 0 radical (unpaired) electrons. The van der Waals surface area contributed by atoms with Gasteiger partial charge < -0.3 is 19.6 Å². The molecule has 1 aromatic rings. The molecule has 8 heteroatoms. The molecule has 128 valence electrons. The zero-order valence-corrected chi connectivity index (χ0v) is 13.0. The van der Waals surface area contributed by atoms with E-state index in [0.717, 1.165) is 0 Å². The molecule has 0 saturated heterocycles. The van der Waals surface area contributed by atoms with E-state index < -0.39 is 18.1 Å².